The van der Waals surface area contributed by atoms with E-state index in [0.717, 1.165) is 42.9 Å². The first-order chi connectivity index (χ1) is 16.9. The Kier molecular flexibility index (Phi) is 8.24. The van der Waals surface area contributed by atoms with Crippen molar-refractivity contribution in [1.29, 1.82) is 0 Å². The lowest BCUT2D eigenvalue weighted by molar-refractivity contribution is -0.131. The van der Waals surface area contributed by atoms with E-state index in [0.29, 0.717) is 30.4 Å². The molecule has 0 bridgehead atoms. The molecule has 0 spiro atoms. The van der Waals surface area contributed by atoms with Gasteiger partial charge in [0.15, 0.2) is 0 Å². The zero-order valence-electron chi connectivity index (χ0n) is 21.5. The minimum atomic E-state index is -0.371. The average Bonchev–Trinajstić information content (AvgIpc) is 3.61. The summed E-state index contributed by atoms with van der Waals surface area (Å²) in [6, 6.07) is 4.99. The van der Waals surface area contributed by atoms with E-state index in [1.807, 2.05) is 40.1 Å². The van der Waals surface area contributed by atoms with Crippen molar-refractivity contribution in [3.63, 3.8) is 0 Å². The third-order valence-corrected chi connectivity index (χ3v) is 7.58. The zero-order chi connectivity index (χ0) is 24.9. The number of anilines is 1. The lowest BCUT2D eigenvalue weighted by atomic mass is 9.90. The molecule has 0 N–H and O–H groups in total. The van der Waals surface area contributed by atoms with E-state index in [4.69, 9.17) is 4.74 Å². The minimum Gasteiger partial charge on any atom is -0.493 e. The van der Waals surface area contributed by atoms with Crippen LogP contribution in [0.5, 0.6) is 5.75 Å². The first kappa shape index (κ1) is 25.4. The maximum Gasteiger partial charge on any atom is 0.227 e. The number of rotatable bonds is 10. The highest BCUT2D eigenvalue weighted by Gasteiger charge is 2.43. The van der Waals surface area contributed by atoms with E-state index < -0.39 is 0 Å². The second-order valence-electron chi connectivity index (χ2n) is 10.4. The molecule has 7 heteroatoms. The van der Waals surface area contributed by atoms with Gasteiger partial charge in [0.05, 0.1) is 13.0 Å². The lowest BCUT2D eigenvalue weighted by Gasteiger charge is -2.32. The number of carbonyl (C=O) groups excluding carboxylic acids is 1. The number of hydrogen-bond acceptors (Lipinski definition) is 5. The molecule has 190 valence electrons. The Hall–Kier alpha value is -2.70. The van der Waals surface area contributed by atoms with E-state index in [-0.39, 0.29) is 24.2 Å². The van der Waals surface area contributed by atoms with Crippen molar-refractivity contribution >= 4 is 11.9 Å². The van der Waals surface area contributed by atoms with Crippen LogP contribution in [0.3, 0.4) is 0 Å². The molecule has 2 aliphatic rings. The van der Waals surface area contributed by atoms with Gasteiger partial charge in [-0.15, -0.1) is 0 Å². The summed E-state index contributed by atoms with van der Waals surface area (Å²) in [6.07, 6.45) is 8.51. The van der Waals surface area contributed by atoms with Crippen molar-refractivity contribution in [3.05, 3.63) is 47.5 Å². The van der Waals surface area contributed by atoms with Gasteiger partial charge < -0.3 is 14.5 Å². The Bertz CT molecular complexity index is 989. The van der Waals surface area contributed by atoms with Gasteiger partial charge in [0, 0.05) is 44.1 Å². The van der Waals surface area contributed by atoms with Gasteiger partial charge in [0.1, 0.15) is 11.6 Å². The first-order valence-corrected chi connectivity index (χ1v) is 13.1. The molecule has 0 unspecified atom stereocenters. The summed E-state index contributed by atoms with van der Waals surface area (Å²) < 4.78 is 20.5. The van der Waals surface area contributed by atoms with E-state index >= 15 is 0 Å². The largest absolute Gasteiger partial charge is 0.493 e. The third kappa shape index (κ3) is 6.50. The van der Waals surface area contributed by atoms with Gasteiger partial charge in [-0.05, 0) is 88.3 Å². The number of aromatic nitrogens is 2. The Morgan fingerprint density at radius 2 is 1.94 bits per heavy atom. The summed E-state index contributed by atoms with van der Waals surface area (Å²) in [4.78, 5) is 25.5. The van der Waals surface area contributed by atoms with Crippen molar-refractivity contribution in [1.82, 2.24) is 14.9 Å². The SMILES string of the molecule is CCN(C(=O)Cc1ccc(OCC[C@@H]2C[C@@H]2C2CCN(c3ncc(C)cn3)CC2)cc1F)C(C)C. The normalized spacial score (nSPS) is 20.2. The zero-order valence-corrected chi connectivity index (χ0v) is 21.5. The molecule has 2 aromatic rings. The molecular weight excluding hydrogens is 443 g/mol. The molecule has 0 radical (unpaired) electrons. The van der Waals surface area contributed by atoms with Crippen molar-refractivity contribution < 1.29 is 13.9 Å². The summed E-state index contributed by atoms with van der Waals surface area (Å²) in [5.74, 6) is 3.23. The Labute approximate surface area is 208 Å². The number of benzene rings is 1. The van der Waals surface area contributed by atoms with Gasteiger partial charge in [-0.3, -0.25) is 4.79 Å². The summed E-state index contributed by atoms with van der Waals surface area (Å²) in [5, 5.41) is 0. The molecule has 4 rings (SSSR count). The molecule has 2 atom stereocenters. The van der Waals surface area contributed by atoms with Crippen LogP contribution in [0.4, 0.5) is 10.3 Å². The summed E-state index contributed by atoms with van der Waals surface area (Å²) in [7, 11) is 0. The lowest BCUT2D eigenvalue weighted by Crippen LogP contribution is -2.37. The van der Waals surface area contributed by atoms with Crippen molar-refractivity contribution in [2.45, 2.75) is 65.8 Å². The van der Waals surface area contributed by atoms with Crippen LogP contribution in [-0.4, -0.2) is 53.1 Å². The maximum absolute atomic E-state index is 14.6. The van der Waals surface area contributed by atoms with Crippen LogP contribution in [0.15, 0.2) is 30.6 Å². The number of hydrogen-bond donors (Lipinski definition) is 0. The van der Waals surface area contributed by atoms with Gasteiger partial charge in [0.2, 0.25) is 11.9 Å². The fourth-order valence-electron chi connectivity index (χ4n) is 5.44. The van der Waals surface area contributed by atoms with Gasteiger partial charge in [-0.1, -0.05) is 6.07 Å². The molecular formula is C28H39FN4O2. The van der Waals surface area contributed by atoms with Gasteiger partial charge in [0.25, 0.3) is 0 Å². The fraction of sp³-hybridized carbons (Fsp3) is 0.607. The molecule has 1 saturated carbocycles. The topological polar surface area (TPSA) is 58.6 Å². The number of aryl methyl sites for hydroxylation is 1. The first-order valence-electron chi connectivity index (χ1n) is 13.1. The van der Waals surface area contributed by atoms with E-state index in [9.17, 15) is 9.18 Å². The van der Waals surface area contributed by atoms with Crippen LogP contribution in [0.25, 0.3) is 0 Å². The minimum absolute atomic E-state index is 0.0490. The summed E-state index contributed by atoms with van der Waals surface area (Å²) in [6.45, 7) is 11.2. The molecule has 1 aromatic heterocycles. The highest BCUT2D eigenvalue weighted by atomic mass is 19.1. The highest BCUT2D eigenvalue weighted by molar-refractivity contribution is 5.79. The number of nitrogens with zero attached hydrogens (tertiary/aromatic N) is 4. The van der Waals surface area contributed by atoms with Crippen LogP contribution < -0.4 is 9.64 Å². The second-order valence-corrected chi connectivity index (χ2v) is 10.4. The molecule has 1 amide bonds. The van der Waals surface area contributed by atoms with Crippen molar-refractivity contribution in [3.8, 4) is 5.75 Å². The molecule has 1 aliphatic carbocycles. The van der Waals surface area contributed by atoms with Crippen LogP contribution in [-0.2, 0) is 11.2 Å². The Morgan fingerprint density at radius 1 is 1.23 bits per heavy atom. The molecule has 1 saturated heterocycles. The van der Waals surface area contributed by atoms with Gasteiger partial charge in [-0.2, -0.15) is 0 Å². The highest BCUT2D eigenvalue weighted by Crippen LogP contribution is 2.49. The quantitative estimate of drug-likeness (QED) is 0.475. The van der Waals surface area contributed by atoms with Crippen LogP contribution in [0.2, 0.25) is 0 Å². The second kappa shape index (κ2) is 11.4. The van der Waals surface area contributed by atoms with Crippen LogP contribution >= 0.6 is 0 Å². The smallest absolute Gasteiger partial charge is 0.227 e. The predicted molar refractivity (Wildman–Crippen MR) is 136 cm³/mol. The molecule has 35 heavy (non-hydrogen) atoms. The van der Waals surface area contributed by atoms with Crippen molar-refractivity contribution in [2.75, 3.05) is 31.1 Å². The van der Waals surface area contributed by atoms with Crippen LogP contribution in [0.1, 0.15) is 57.6 Å². The fourth-order valence-corrected chi connectivity index (χ4v) is 5.44. The summed E-state index contributed by atoms with van der Waals surface area (Å²) >= 11 is 0. The molecule has 2 fully saturated rings. The Morgan fingerprint density at radius 3 is 2.57 bits per heavy atom. The average molecular weight is 483 g/mol. The van der Waals surface area contributed by atoms with Crippen LogP contribution in [0, 0.1) is 30.5 Å². The molecule has 2 heterocycles. The van der Waals surface area contributed by atoms with Gasteiger partial charge in [-0.25, -0.2) is 14.4 Å². The van der Waals surface area contributed by atoms with E-state index in [1.165, 1.54) is 25.3 Å². The maximum atomic E-state index is 14.6. The number of amides is 1. The van der Waals surface area contributed by atoms with Gasteiger partial charge >= 0.3 is 0 Å². The van der Waals surface area contributed by atoms with E-state index in [2.05, 4.69) is 14.9 Å². The number of carbonyl (C=O) groups is 1. The summed E-state index contributed by atoms with van der Waals surface area (Å²) in [5.41, 5.74) is 1.51. The number of likely N-dealkylation sites (N-methyl/N-ethyl adjacent to an activating group) is 1. The number of halogens is 1. The molecule has 6 nitrogen and oxygen atoms in total. The Balaban J connectivity index is 1.18. The van der Waals surface area contributed by atoms with E-state index in [1.54, 1.807) is 17.0 Å². The van der Waals surface area contributed by atoms with Crippen molar-refractivity contribution in [2.24, 2.45) is 17.8 Å². The monoisotopic (exact) mass is 482 g/mol. The number of ether oxygens (including phenoxy) is 1. The number of piperidine rings is 1. The third-order valence-electron chi connectivity index (χ3n) is 7.58. The molecule has 1 aliphatic heterocycles. The standard InChI is InChI=1S/C28H39FN4O2/c1-5-33(19(2)3)27(34)15-23-6-7-24(16-26(23)29)35-13-10-22-14-25(22)21-8-11-32(12-9-21)28-30-17-20(4)18-31-28/h6-7,16-19,21-22,25H,5,8-15H2,1-4H3/t22-,25-/m1/s1. The molecule has 1 aromatic carbocycles. The predicted octanol–water partition coefficient (Wildman–Crippen LogP) is 5.05.